The van der Waals surface area contributed by atoms with Crippen molar-refractivity contribution in [1.82, 2.24) is 10.6 Å². The molecule has 5 nitrogen and oxygen atoms in total. The van der Waals surface area contributed by atoms with Gasteiger partial charge >= 0.3 is 0 Å². The van der Waals surface area contributed by atoms with Gasteiger partial charge in [0.25, 0.3) is 5.91 Å². The van der Waals surface area contributed by atoms with E-state index in [2.05, 4.69) is 16.0 Å². The molecular formula is C13H17N3O2. The Hall–Kier alpha value is -2.04. The van der Waals surface area contributed by atoms with E-state index in [-0.39, 0.29) is 11.8 Å². The zero-order valence-corrected chi connectivity index (χ0v) is 10.5. The molecule has 5 heteroatoms. The van der Waals surface area contributed by atoms with E-state index >= 15 is 0 Å². The van der Waals surface area contributed by atoms with Crippen LogP contribution in [0.1, 0.15) is 22.8 Å². The van der Waals surface area contributed by atoms with E-state index in [0.717, 1.165) is 24.2 Å². The second kappa shape index (κ2) is 5.08. The van der Waals surface area contributed by atoms with Crippen molar-refractivity contribution in [1.29, 1.82) is 0 Å². The largest absolute Gasteiger partial charge is 0.384 e. The molecule has 0 fully saturated rings. The standard InChI is InChI=1S/C13H17N3O2/c1-8(12(17)14-2)16-13(18)10-3-4-11-9(7-10)5-6-15-11/h3-4,7-8,15H,5-6H2,1-2H3,(H,14,17)(H,16,18). The Kier molecular flexibility index (Phi) is 3.50. The Morgan fingerprint density at radius 2 is 2.17 bits per heavy atom. The first kappa shape index (κ1) is 12.4. The van der Waals surface area contributed by atoms with Crippen molar-refractivity contribution in [3.8, 4) is 0 Å². The van der Waals surface area contributed by atoms with Gasteiger partial charge < -0.3 is 16.0 Å². The summed E-state index contributed by atoms with van der Waals surface area (Å²) in [7, 11) is 1.55. The number of likely N-dealkylation sites (N-methyl/N-ethyl adjacent to an activating group) is 1. The van der Waals surface area contributed by atoms with Crippen LogP contribution in [0.15, 0.2) is 18.2 Å². The van der Waals surface area contributed by atoms with Gasteiger partial charge in [-0.15, -0.1) is 0 Å². The van der Waals surface area contributed by atoms with Crippen LogP contribution in [-0.2, 0) is 11.2 Å². The lowest BCUT2D eigenvalue weighted by Gasteiger charge is -2.12. The Balaban J connectivity index is 2.07. The summed E-state index contributed by atoms with van der Waals surface area (Å²) in [5.41, 5.74) is 2.83. The number of nitrogens with one attached hydrogen (secondary N) is 3. The van der Waals surface area contributed by atoms with E-state index in [0.29, 0.717) is 5.56 Å². The van der Waals surface area contributed by atoms with Crippen LogP contribution in [0, 0.1) is 0 Å². The van der Waals surface area contributed by atoms with Crippen molar-refractivity contribution in [2.75, 3.05) is 18.9 Å². The molecule has 1 aliphatic heterocycles. The fraction of sp³-hybridized carbons (Fsp3) is 0.385. The number of anilines is 1. The first-order chi connectivity index (χ1) is 8.61. The zero-order valence-electron chi connectivity index (χ0n) is 10.5. The fourth-order valence-electron chi connectivity index (χ4n) is 2.01. The number of rotatable bonds is 3. The van der Waals surface area contributed by atoms with Crippen LogP contribution in [0.3, 0.4) is 0 Å². The van der Waals surface area contributed by atoms with Gasteiger partial charge in [-0.3, -0.25) is 9.59 Å². The molecule has 0 spiro atoms. The molecule has 96 valence electrons. The second-order valence-corrected chi connectivity index (χ2v) is 4.36. The highest BCUT2D eigenvalue weighted by Gasteiger charge is 2.17. The minimum atomic E-state index is -0.533. The molecule has 0 saturated carbocycles. The molecule has 0 bridgehead atoms. The van der Waals surface area contributed by atoms with Gasteiger partial charge in [0.2, 0.25) is 5.91 Å². The quantitative estimate of drug-likeness (QED) is 0.729. The van der Waals surface area contributed by atoms with Crippen LogP contribution in [0.25, 0.3) is 0 Å². The molecule has 1 aromatic rings. The molecule has 0 aliphatic carbocycles. The summed E-state index contributed by atoms with van der Waals surface area (Å²) < 4.78 is 0. The molecule has 1 heterocycles. The summed E-state index contributed by atoms with van der Waals surface area (Å²) >= 11 is 0. The van der Waals surface area contributed by atoms with Gasteiger partial charge in [-0.25, -0.2) is 0 Å². The molecule has 0 aromatic heterocycles. The minimum absolute atomic E-state index is 0.203. The van der Waals surface area contributed by atoms with Gasteiger partial charge in [-0.05, 0) is 37.1 Å². The van der Waals surface area contributed by atoms with E-state index in [9.17, 15) is 9.59 Å². The molecule has 18 heavy (non-hydrogen) atoms. The summed E-state index contributed by atoms with van der Waals surface area (Å²) in [6.45, 7) is 2.57. The average molecular weight is 247 g/mol. The van der Waals surface area contributed by atoms with Crippen LogP contribution in [-0.4, -0.2) is 31.4 Å². The number of fused-ring (bicyclic) bond motifs is 1. The fourth-order valence-corrected chi connectivity index (χ4v) is 2.01. The van der Waals surface area contributed by atoms with Crippen molar-refractivity contribution in [3.63, 3.8) is 0 Å². The highest BCUT2D eigenvalue weighted by Crippen LogP contribution is 2.22. The monoisotopic (exact) mass is 247 g/mol. The maximum Gasteiger partial charge on any atom is 0.251 e. The predicted molar refractivity (Wildman–Crippen MR) is 69.6 cm³/mol. The van der Waals surface area contributed by atoms with Gasteiger partial charge in [-0.2, -0.15) is 0 Å². The number of hydrogen-bond donors (Lipinski definition) is 3. The van der Waals surface area contributed by atoms with Gasteiger partial charge in [0.1, 0.15) is 6.04 Å². The van der Waals surface area contributed by atoms with Crippen LogP contribution in [0.5, 0.6) is 0 Å². The van der Waals surface area contributed by atoms with E-state index in [1.54, 1.807) is 20.0 Å². The van der Waals surface area contributed by atoms with Crippen LogP contribution in [0.2, 0.25) is 0 Å². The lowest BCUT2D eigenvalue weighted by molar-refractivity contribution is -0.122. The van der Waals surface area contributed by atoms with Crippen LogP contribution in [0.4, 0.5) is 5.69 Å². The summed E-state index contributed by atoms with van der Waals surface area (Å²) in [6.07, 6.45) is 0.932. The molecule has 2 rings (SSSR count). The molecule has 0 radical (unpaired) electrons. The Morgan fingerprint density at radius 3 is 2.89 bits per heavy atom. The normalized spacial score (nSPS) is 14.3. The highest BCUT2D eigenvalue weighted by molar-refractivity contribution is 5.98. The summed E-state index contributed by atoms with van der Waals surface area (Å²) in [5.74, 6) is -0.424. The second-order valence-electron chi connectivity index (χ2n) is 4.36. The predicted octanol–water partition coefficient (Wildman–Crippen LogP) is 0.519. The Morgan fingerprint density at radius 1 is 1.39 bits per heavy atom. The number of amides is 2. The molecule has 1 aliphatic rings. The Bertz CT molecular complexity index is 485. The lowest BCUT2D eigenvalue weighted by Crippen LogP contribution is -2.43. The number of carbonyl (C=O) groups excluding carboxylic acids is 2. The maximum atomic E-state index is 12.0. The maximum absolute atomic E-state index is 12.0. The van der Waals surface area contributed by atoms with Gasteiger partial charge in [0.15, 0.2) is 0 Å². The van der Waals surface area contributed by atoms with E-state index in [1.165, 1.54) is 0 Å². The molecule has 1 atom stereocenters. The van der Waals surface area contributed by atoms with Crippen molar-refractivity contribution in [3.05, 3.63) is 29.3 Å². The molecule has 0 saturated heterocycles. The third kappa shape index (κ3) is 2.45. The van der Waals surface area contributed by atoms with Gasteiger partial charge in [0.05, 0.1) is 0 Å². The molecule has 3 N–H and O–H groups in total. The number of carbonyl (C=O) groups is 2. The van der Waals surface area contributed by atoms with E-state index in [4.69, 9.17) is 0 Å². The topological polar surface area (TPSA) is 70.2 Å². The van der Waals surface area contributed by atoms with E-state index < -0.39 is 6.04 Å². The van der Waals surface area contributed by atoms with Crippen molar-refractivity contribution in [2.24, 2.45) is 0 Å². The lowest BCUT2D eigenvalue weighted by atomic mass is 10.1. The first-order valence-corrected chi connectivity index (χ1v) is 6.01. The summed E-state index contributed by atoms with van der Waals surface area (Å²) in [4.78, 5) is 23.3. The number of hydrogen-bond acceptors (Lipinski definition) is 3. The third-order valence-electron chi connectivity index (χ3n) is 3.06. The molecule has 1 aromatic carbocycles. The SMILES string of the molecule is CNC(=O)C(C)NC(=O)c1ccc2c(c1)CCN2. The molecule has 2 amide bonds. The zero-order chi connectivity index (χ0) is 13.1. The highest BCUT2D eigenvalue weighted by atomic mass is 16.2. The van der Waals surface area contributed by atoms with Gasteiger partial charge in [0, 0.05) is 24.8 Å². The minimum Gasteiger partial charge on any atom is -0.384 e. The smallest absolute Gasteiger partial charge is 0.251 e. The van der Waals surface area contributed by atoms with Crippen LogP contribution < -0.4 is 16.0 Å². The van der Waals surface area contributed by atoms with E-state index in [1.807, 2.05) is 12.1 Å². The molecule has 1 unspecified atom stereocenters. The van der Waals surface area contributed by atoms with Crippen molar-refractivity contribution >= 4 is 17.5 Å². The Labute approximate surface area is 106 Å². The third-order valence-corrected chi connectivity index (χ3v) is 3.06. The summed E-state index contributed by atoms with van der Waals surface area (Å²) in [5, 5.41) is 8.40. The first-order valence-electron chi connectivity index (χ1n) is 6.01. The van der Waals surface area contributed by atoms with Crippen LogP contribution >= 0.6 is 0 Å². The number of benzene rings is 1. The summed E-state index contributed by atoms with van der Waals surface area (Å²) in [6, 6.07) is 5.01. The van der Waals surface area contributed by atoms with Crippen molar-refractivity contribution < 1.29 is 9.59 Å². The van der Waals surface area contributed by atoms with Gasteiger partial charge in [-0.1, -0.05) is 0 Å². The average Bonchev–Trinajstić information content (AvgIpc) is 2.84. The molecular weight excluding hydrogens is 230 g/mol. The van der Waals surface area contributed by atoms with Crippen molar-refractivity contribution in [2.45, 2.75) is 19.4 Å².